The molecule has 138 valence electrons. The van der Waals surface area contributed by atoms with E-state index in [1.807, 2.05) is 24.3 Å². The van der Waals surface area contributed by atoms with Crippen LogP contribution in [0.1, 0.15) is 60.9 Å². The molecule has 1 aromatic rings. The van der Waals surface area contributed by atoms with Crippen LogP contribution in [0.25, 0.3) is 0 Å². The first-order chi connectivity index (χ1) is 12.2. The van der Waals surface area contributed by atoms with Gasteiger partial charge in [-0.15, -0.1) is 0 Å². The van der Waals surface area contributed by atoms with Gasteiger partial charge in [0, 0.05) is 5.56 Å². The quantitative estimate of drug-likeness (QED) is 0.726. The molecule has 2 aliphatic heterocycles. The average molecular weight is 343 g/mol. The summed E-state index contributed by atoms with van der Waals surface area (Å²) in [5.74, 6) is 1.12. The van der Waals surface area contributed by atoms with Crippen LogP contribution in [0.5, 0.6) is 0 Å². The van der Waals surface area contributed by atoms with Gasteiger partial charge in [-0.1, -0.05) is 42.7 Å². The fourth-order valence-electron chi connectivity index (χ4n) is 4.19. The van der Waals surface area contributed by atoms with E-state index < -0.39 is 0 Å². The number of benzene rings is 1. The van der Waals surface area contributed by atoms with Gasteiger partial charge in [0.05, 0.1) is 6.54 Å². The molecule has 2 heterocycles. The van der Waals surface area contributed by atoms with Crippen molar-refractivity contribution in [3.05, 3.63) is 35.4 Å². The summed E-state index contributed by atoms with van der Waals surface area (Å²) in [4.78, 5) is 17.5. The molecular weight excluding hydrogens is 308 g/mol. The summed E-state index contributed by atoms with van der Waals surface area (Å²) in [6.45, 7) is 8.72. The molecule has 0 N–H and O–H groups in total. The lowest BCUT2D eigenvalue weighted by molar-refractivity contribution is 0.0888. The molecule has 0 unspecified atom stereocenters. The highest BCUT2D eigenvalue weighted by Gasteiger charge is 2.22. The van der Waals surface area contributed by atoms with E-state index in [0.717, 1.165) is 24.6 Å². The Balaban J connectivity index is 1.36. The predicted octanol–water partition coefficient (Wildman–Crippen LogP) is 4.16. The number of hydrogen-bond acceptors (Lipinski definition) is 3. The molecule has 3 heteroatoms. The van der Waals surface area contributed by atoms with Crippen molar-refractivity contribution in [1.82, 2.24) is 9.80 Å². The molecular formula is C22H34N2O. The molecule has 0 aromatic heterocycles. The largest absolute Gasteiger partial charge is 0.303 e. The van der Waals surface area contributed by atoms with E-state index in [-0.39, 0.29) is 5.78 Å². The Morgan fingerprint density at radius 3 is 2.20 bits per heavy atom. The zero-order valence-electron chi connectivity index (χ0n) is 15.9. The van der Waals surface area contributed by atoms with Gasteiger partial charge in [-0.3, -0.25) is 9.69 Å². The molecule has 0 saturated carbocycles. The minimum atomic E-state index is 0.267. The average Bonchev–Trinajstić information content (AvgIpc) is 2.90. The molecule has 1 aromatic carbocycles. The third kappa shape index (κ3) is 5.93. The van der Waals surface area contributed by atoms with Crippen LogP contribution < -0.4 is 0 Å². The topological polar surface area (TPSA) is 23.6 Å². The van der Waals surface area contributed by atoms with Crippen LogP contribution in [0, 0.1) is 12.8 Å². The van der Waals surface area contributed by atoms with Crippen LogP contribution >= 0.6 is 0 Å². The minimum absolute atomic E-state index is 0.267. The molecule has 0 amide bonds. The first kappa shape index (κ1) is 18.6. The van der Waals surface area contributed by atoms with E-state index >= 15 is 0 Å². The van der Waals surface area contributed by atoms with Crippen molar-refractivity contribution < 1.29 is 4.79 Å². The third-order valence-corrected chi connectivity index (χ3v) is 6.00. The van der Waals surface area contributed by atoms with E-state index in [0.29, 0.717) is 6.54 Å². The molecule has 25 heavy (non-hydrogen) atoms. The van der Waals surface area contributed by atoms with Gasteiger partial charge in [0.25, 0.3) is 0 Å². The standard InChI is InChI=1S/C22H34N2O/c1-19-6-8-21(9-7-19)22(25)18-24-16-11-20(12-17-24)10-15-23-13-4-2-3-5-14-23/h6-9,20H,2-5,10-18H2,1H3. The van der Waals surface area contributed by atoms with Gasteiger partial charge in [-0.25, -0.2) is 0 Å². The molecule has 2 aliphatic rings. The number of piperidine rings is 1. The lowest BCUT2D eigenvalue weighted by Crippen LogP contribution is -2.38. The summed E-state index contributed by atoms with van der Waals surface area (Å²) in [5.41, 5.74) is 2.07. The van der Waals surface area contributed by atoms with Crippen molar-refractivity contribution >= 4 is 5.78 Å². The maximum absolute atomic E-state index is 12.4. The number of Topliss-reactive ketones (excluding diaryl/α,β-unsaturated/α-hetero) is 1. The van der Waals surface area contributed by atoms with Crippen LogP contribution in [0.4, 0.5) is 0 Å². The number of ketones is 1. The number of hydrogen-bond donors (Lipinski definition) is 0. The van der Waals surface area contributed by atoms with Crippen LogP contribution in [-0.4, -0.2) is 54.9 Å². The second-order valence-electron chi connectivity index (χ2n) is 8.05. The van der Waals surface area contributed by atoms with Crippen molar-refractivity contribution in [3.63, 3.8) is 0 Å². The Labute approximate surface area is 153 Å². The van der Waals surface area contributed by atoms with Gasteiger partial charge >= 0.3 is 0 Å². The molecule has 2 fully saturated rings. The second kappa shape index (κ2) is 9.49. The zero-order chi connectivity index (χ0) is 17.5. The molecule has 0 radical (unpaired) electrons. The van der Waals surface area contributed by atoms with Crippen LogP contribution in [0.2, 0.25) is 0 Å². The summed E-state index contributed by atoms with van der Waals surface area (Å²) < 4.78 is 0. The van der Waals surface area contributed by atoms with Gasteiger partial charge in [0.15, 0.2) is 5.78 Å². The monoisotopic (exact) mass is 342 g/mol. The van der Waals surface area contributed by atoms with Gasteiger partial charge in [0.2, 0.25) is 0 Å². The highest BCUT2D eigenvalue weighted by Crippen LogP contribution is 2.22. The van der Waals surface area contributed by atoms with Gasteiger partial charge in [-0.2, -0.15) is 0 Å². The smallest absolute Gasteiger partial charge is 0.176 e. The Hall–Kier alpha value is -1.19. The summed E-state index contributed by atoms with van der Waals surface area (Å²) in [5, 5.41) is 0. The van der Waals surface area contributed by atoms with Gasteiger partial charge in [0.1, 0.15) is 0 Å². The second-order valence-corrected chi connectivity index (χ2v) is 8.05. The number of rotatable bonds is 6. The van der Waals surface area contributed by atoms with E-state index in [1.165, 1.54) is 70.1 Å². The van der Waals surface area contributed by atoms with E-state index in [9.17, 15) is 4.79 Å². The number of carbonyl (C=O) groups excluding carboxylic acids is 1. The predicted molar refractivity (Wildman–Crippen MR) is 104 cm³/mol. The van der Waals surface area contributed by atoms with Crippen LogP contribution in [0.3, 0.4) is 0 Å². The highest BCUT2D eigenvalue weighted by molar-refractivity contribution is 5.97. The highest BCUT2D eigenvalue weighted by atomic mass is 16.1. The Kier molecular flexibility index (Phi) is 7.06. The first-order valence-corrected chi connectivity index (χ1v) is 10.3. The molecule has 0 bridgehead atoms. The third-order valence-electron chi connectivity index (χ3n) is 6.00. The summed E-state index contributed by atoms with van der Waals surface area (Å²) >= 11 is 0. The normalized spacial score (nSPS) is 21.2. The van der Waals surface area contributed by atoms with Crippen molar-refractivity contribution in [1.29, 1.82) is 0 Å². The SMILES string of the molecule is Cc1ccc(C(=O)CN2CCC(CCN3CCCCCC3)CC2)cc1. The zero-order valence-corrected chi connectivity index (χ0v) is 15.9. The van der Waals surface area contributed by atoms with Crippen molar-refractivity contribution in [2.24, 2.45) is 5.92 Å². The molecule has 0 spiro atoms. The van der Waals surface area contributed by atoms with Crippen LogP contribution in [0.15, 0.2) is 24.3 Å². The lowest BCUT2D eigenvalue weighted by atomic mass is 9.93. The van der Waals surface area contributed by atoms with E-state index in [1.54, 1.807) is 0 Å². The number of nitrogens with zero attached hydrogens (tertiary/aromatic N) is 2. The Morgan fingerprint density at radius 2 is 1.56 bits per heavy atom. The van der Waals surface area contributed by atoms with E-state index in [4.69, 9.17) is 0 Å². The molecule has 0 atom stereocenters. The van der Waals surface area contributed by atoms with Crippen LogP contribution in [-0.2, 0) is 0 Å². The van der Waals surface area contributed by atoms with Gasteiger partial charge < -0.3 is 4.90 Å². The number of likely N-dealkylation sites (tertiary alicyclic amines) is 2. The molecule has 2 saturated heterocycles. The fraction of sp³-hybridized carbons (Fsp3) is 0.682. The van der Waals surface area contributed by atoms with Crippen molar-refractivity contribution in [3.8, 4) is 0 Å². The molecule has 0 aliphatic carbocycles. The van der Waals surface area contributed by atoms with Crippen molar-refractivity contribution in [2.45, 2.75) is 51.9 Å². The first-order valence-electron chi connectivity index (χ1n) is 10.3. The van der Waals surface area contributed by atoms with Gasteiger partial charge in [-0.05, 0) is 77.7 Å². The number of aryl methyl sites for hydroxylation is 1. The number of carbonyl (C=O) groups is 1. The fourth-order valence-corrected chi connectivity index (χ4v) is 4.19. The molecule has 3 nitrogen and oxygen atoms in total. The lowest BCUT2D eigenvalue weighted by Gasteiger charge is -2.32. The Bertz CT molecular complexity index is 523. The Morgan fingerprint density at radius 1 is 0.920 bits per heavy atom. The summed E-state index contributed by atoms with van der Waals surface area (Å²) in [6, 6.07) is 7.99. The minimum Gasteiger partial charge on any atom is -0.303 e. The maximum Gasteiger partial charge on any atom is 0.176 e. The maximum atomic E-state index is 12.4. The summed E-state index contributed by atoms with van der Waals surface area (Å²) in [6.07, 6.45) is 9.48. The summed E-state index contributed by atoms with van der Waals surface area (Å²) in [7, 11) is 0. The van der Waals surface area contributed by atoms with E-state index in [2.05, 4.69) is 16.7 Å². The molecule has 3 rings (SSSR count). The van der Waals surface area contributed by atoms with Crippen molar-refractivity contribution in [2.75, 3.05) is 39.3 Å².